The molecule has 4 rings (SSSR count). The topological polar surface area (TPSA) is 66.4 Å². The second-order valence-corrected chi connectivity index (χ2v) is 9.00. The molecule has 0 N–H and O–H groups in total. The minimum atomic E-state index is -0.0724. The van der Waals surface area contributed by atoms with Crippen LogP contribution in [0.3, 0.4) is 0 Å². The number of hydrogen-bond acceptors (Lipinski definition) is 5. The molecule has 0 aliphatic carbocycles. The van der Waals surface area contributed by atoms with Gasteiger partial charge >= 0.3 is 0 Å². The zero-order chi connectivity index (χ0) is 20.2. The molecule has 0 aromatic carbocycles. The Hall–Kier alpha value is -2.28. The van der Waals surface area contributed by atoms with Gasteiger partial charge in [0.1, 0.15) is 9.88 Å². The highest BCUT2D eigenvalue weighted by Gasteiger charge is 2.33. The van der Waals surface area contributed by atoms with Crippen molar-refractivity contribution in [3.05, 3.63) is 35.1 Å². The van der Waals surface area contributed by atoms with Gasteiger partial charge in [0.25, 0.3) is 5.91 Å². The van der Waals surface area contributed by atoms with Crippen molar-refractivity contribution in [2.75, 3.05) is 26.2 Å². The first-order valence-electron chi connectivity index (χ1n) is 10.6. The second-order valence-electron chi connectivity index (χ2n) is 8.01. The van der Waals surface area contributed by atoms with Crippen LogP contribution < -0.4 is 0 Å². The molecule has 1 atom stereocenters. The van der Waals surface area contributed by atoms with Crippen LogP contribution in [0.25, 0.3) is 10.6 Å². The summed E-state index contributed by atoms with van der Waals surface area (Å²) in [5.41, 5.74) is 1.67. The van der Waals surface area contributed by atoms with Gasteiger partial charge in [0, 0.05) is 44.1 Å². The lowest BCUT2D eigenvalue weighted by atomic mass is 9.96. The van der Waals surface area contributed by atoms with Gasteiger partial charge in [0.15, 0.2) is 0 Å². The fourth-order valence-electron chi connectivity index (χ4n) is 4.26. The quantitative estimate of drug-likeness (QED) is 0.770. The molecule has 2 amide bonds. The largest absolute Gasteiger partial charge is 0.342 e. The number of likely N-dealkylation sites (tertiary alicyclic amines) is 2. The van der Waals surface area contributed by atoms with E-state index in [1.54, 1.807) is 12.4 Å². The van der Waals surface area contributed by atoms with Crippen molar-refractivity contribution in [3.8, 4) is 10.6 Å². The Kier molecular flexibility index (Phi) is 6.23. The monoisotopic (exact) mass is 412 g/mol. The summed E-state index contributed by atoms with van der Waals surface area (Å²) in [4.78, 5) is 39.6. The van der Waals surface area contributed by atoms with Crippen molar-refractivity contribution in [2.45, 2.75) is 45.4 Å². The third kappa shape index (κ3) is 4.50. The number of amides is 2. The van der Waals surface area contributed by atoms with Crippen LogP contribution in [0.4, 0.5) is 0 Å². The highest BCUT2D eigenvalue weighted by Crippen LogP contribution is 2.30. The zero-order valence-corrected chi connectivity index (χ0v) is 17.8. The van der Waals surface area contributed by atoms with Crippen molar-refractivity contribution in [2.24, 2.45) is 5.92 Å². The van der Waals surface area contributed by atoms with Gasteiger partial charge in [-0.1, -0.05) is 12.8 Å². The summed E-state index contributed by atoms with van der Waals surface area (Å²) in [6.45, 7) is 4.85. The van der Waals surface area contributed by atoms with E-state index in [-0.39, 0.29) is 17.7 Å². The van der Waals surface area contributed by atoms with Crippen molar-refractivity contribution < 1.29 is 9.59 Å². The minimum absolute atomic E-state index is 0.00325. The number of piperidine rings is 1. The summed E-state index contributed by atoms with van der Waals surface area (Å²) >= 11 is 1.42. The van der Waals surface area contributed by atoms with E-state index >= 15 is 0 Å². The Morgan fingerprint density at radius 1 is 1.07 bits per heavy atom. The van der Waals surface area contributed by atoms with E-state index in [2.05, 4.69) is 9.97 Å². The Morgan fingerprint density at radius 3 is 2.55 bits per heavy atom. The predicted molar refractivity (Wildman–Crippen MR) is 114 cm³/mol. The van der Waals surface area contributed by atoms with Crippen LogP contribution in [-0.2, 0) is 4.79 Å². The van der Waals surface area contributed by atoms with E-state index in [1.165, 1.54) is 24.2 Å². The summed E-state index contributed by atoms with van der Waals surface area (Å²) in [6, 6.07) is 3.83. The smallest absolute Gasteiger partial charge is 0.265 e. The van der Waals surface area contributed by atoms with Gasteiger partial charge in [-0.15, -0.1) is 11.3 Å². The van der Waals surface area contributed by atoms with Gasteiger partial charge in [-0.3, -0.25) is 14.6 Å². The van der Waals surface area contributed by atoms with Crippen molar-refractivity contribution in [1.82, 2.24) is 19.8 Å². The molecule has 1 unspecified atom stereocenters. The van der Waals surface area contributed by atoms with Gasteiger partial charge in [-0.2, -0.15) is 0 Å². The molecule has 2 aliphatic rings. The average Bonchev–Trinajstić information content (AvgIpc) is 2.97. The summed E-state index contributed by atoms with van der Waals surface area (Å²) in [5.74, 6) is 0.168. The molecule has 0 radical (unpaired) electrons. The Bertz CT molecular complexity index is 859. The van der Waals surface area contributed by atoms with Gasteiger partial charge in [0.2, 0.25) is 5.91 Å². The SMILES string of the molecule is Cc1nc(-c2cccnc2)sc1C(=O)N1CCCC(C(=O)N2CCCCCC2)C1. The molecule has 2 fully saturated rings. The number of hydrogen-bond donors (Lipinski definition) is 0. The summed E-state index contributed by atoms with van der Waals surface area (Å²) in [7, 11) is 0. The van der Waals surface area contributed by atoms with Crippen LogP contribution in [0.2, 0.25) is 0 Å². The summed E-state index contributed by atoms with van der Waals surface area (Å²) in [6.07, 6.45) is 9.86. The number of aromatic nitrogens is 2. The van der Waals surface area contributed by atoms with Crippen LogP contribution >= 0.6 is 11.3 Å². The number of carbonyl (C=O) groups is 2. The van der Waals surface area contributed by atoms with E-state index in [0.29, 0.717) is 18.0 Å². The normalized spacial score (nSPS) is 20.4. The minimum Gasteiger partial charge on any atom is -0.342 e. The van der Waals surface area contributed by atoms with Crippen molar-refractivity contribution in [1.29, 1.82) is 0 Å². The first kappa shape index (κ1) is 20.0. The van der Waals surface area contributed by atoms with Crippen molar-refractivity contribution >= 4 is 23.2 Å². The van der Waals surface area contributed by atoms with E-state index < -0.39 is 0 Å². The highest BCUT2D eigenvalue weighted by atomic mass is 32.1. The Labute approximate surface area is 176 Å². The van der Waals surface area contributed by atoms with Gasteiger partial charge in [0.05, 0.1) is 11.6 Å². The first-order valence-corrected chi connectivity index (χ1v) is 11.4. The van der Waals surface area contributed by atoms with E-state index in [4.69, 9.17) is 0 Å². The summed E-state index contributed by atoms with van der Waals surface area (Å²) in [5, 5.41) is 0.813. The molecule has 154 valence electrons. The molecular weight excluding hydrogens is 384 g/mol. The third-order valence-corrected chi connectivity index (χ3v) is 7.07. The van der Waals surface area contributed by atoms with Crippen LogP contribution in [0.15, 0.2) is 24.5 Å². The molecule has 29 heavy (non-hydrogen) atoms. The van der Waals surface area contributed by atoms with Crippen LogP contribution in [0, 0.1) is 12.8 Å². The number of thiazole rings is 1. The highest BCUT2D eigenvalue weighted by molar-refractivity contribution is 7.17. The van der Waals surface area contributed by atoms with Gasteiger partial charge < -0.3 is 9.80 Å². The molecule has 2 aromatic heterocycles. The second kappa shape index (κ2) is 9.03. The lowest BCUT2D eigenvalue weighted by molar-refractivity contribution is -0.136. The lowest BCUT2D eigenvalue weighted by Gasteiger charge is -2.34. The third-order valence-electron chi connectivity index (χ3n) is 5.87. The Balaban J connectivity index is 1.46. The number of pyridine rings is 1. The van der Waals surface area contributed by atoms with E-state index in [0.717, 1.165) is 55.0 Å². The predicted octanol–water partition coefficient (Wildman–Crippen LogP) is 3.77. The molecule has 6 nitrogen and oxygen atoms in total. The molecule has 2 aromatic rings. The average molecular weight is 413 g/mol. The number of nitrogens with zero attached hydrogens (tertiary/aromatic N) is 4. The maximum Gasteiger partial charge on any atom is 0.265 e. The van der Waals surface area contributed by atoms with E-state index in [1.807, 2.05) is 28.9 Å². The van der Waals surface area contributed by atoms with Gasteiger partial charge in [-0.05, 0) is 44.7 Å². The standard InChI is InChI=1S/C22H28N4O2S/c1-16-19(29-20(24-16)17-8-6-10-23-14-17)22(28)26-13-7-9-18(15-26)21(27)25-11-4-2-3-5-12-25/h6,8,10,14,18H,2-5,7,9,11-13,15H2,1H3. The van der Waals surface area contributed by atoms with Crippen LogP contribution in [0.5, 0.6) is 0 Å². The number of aryl methyl sites for hydroxylation is 1. The molecule has 0 spiro atoms. The fraction of sp³-hybridized carbons (Fsp3) is 0.545. The molecule has 4 heterocycles. The fourth-order valence-corrected chi connectivity index (χ4v) is 5.29. The molecule has 2 saturated heterocycles. The maximum atomic E-state index is 13.2. The Morgan fingerprint density at radius 2 is 1.83 bits per heavy atom. The maximum absolute atomic E-state index is 13.2. The van der Waals surface area contributed by atoms with Crippen LogP contribution in [-0.4, -0.2) is 57.8 Å². The number of carbonyl (C=O) groups excluding carboxylic acids is 2. The van der Waals surface area contributed by atoms with E-state index in [9.17, 15) is 9.59 Å². The first-order chi connectivity index (χ1) is 14.1. The van der Waals surface area contributed by atoms with Gasteiger partial charge in [-0.25, -0.2) is 4.98 Å². The molecule has 2 aliphatic heterocycles. The summed E-state index contributed by atoms with van der Waals surface area (Å²) < 4.78 is 0. The number of rotatable bonds is 3. The molecule has 0 saturated carbocycles. The molecule has 7 heteroatoms. The van der Waals surface area contributed by atoms with Crippen molar-refractivity contribution in [3.63, 3.8) is 0 Å². The zero-order valence-electron chi connectivity index (χ0n) is 17.0. The molecular formula is C22H28N4O2S. The van der Waals surface area contributed by atoms with Crippen LogP contribution in [0.1, 0.15) is 53.9 Å². The lowest BCUT2D eigenvalue weighted by Crippen LogP contribution is -2.47. The molecule has 0 bridgehead atoms.